The molecular formula is C53H32N2O2. The van der Waals surface area contributed by atoms with Crippen molar-refractivity contribution in [1.29, 1.82) is 0 Å². The highest BCUT2D eigenvalue weighted by atomic mass is 16.3. The third-order valence-corrected chi connectivity index (χ3v) is 11.4. The minimum atomic E-state index is 0.578. The van der Waals surface area contributed by atoms with Crippen LogP contribution in [0, 0.1) is 0 Å². The molecule has 0 radical (unpaired) electrons. The quantitative estimate of drug-likeness (QED) is 0.166. The molecule has 0 aliphatic rings. The lowest BCUT2D eigenvalue weighted by Crippen LogP contribution is -2.09. The van der Waals surface area contributed by atoms with Crippen molar-refractivity contribution in [3.05, 3.63) is 194 Å². The van der Waals surface area contributed by atoms with Crippen LogP contribution in [0.2, 0.25) is 0 Å². The summed E-state index contributed by atoms with van der Waals surface area (Å²) in [7, 11) is 0. The Morgan fingerprint density at radius 3 is 1.67 bits per heavy atom. The normalized spacial score (nSPS) is 11.9. The maximum atomic E-state index is 6.67. The van der Waals surface area contributed by atoms with E-state index in [9.17, 15) is 0 Å². The first-order chi connectivity index (χ1) is 28.2. The second kappa shape index (κ2) is 12.4. The number of rotatable bonds is 5. The van der Waals surface area contributed by atoms with Crippen LogP contribution in [-0.4, -0.2) is 4.98 Å². The first-order valence-electron chi connectivity index (χ1n) is 19.3. The van der Waals surface area contributed by atoms with Gasteiger partial charge in [-0.05, 0) is 115 Å². The van der Waals surface area contributed by atoms with Gasteiger partial charge in [-0.3, -0.25) is 0 Å². The molecule has 4 nitrogen and oxygen atoms in total. The van der Waals surface area contributed by atoms with Gasteiger partial charge in [0.15, 0.2) is 5.58 Å². The van der Waals surface area contributed by atoms with Crippen molar-refractivity contribution in [2.24, 2.45) is 0 Å². The van der Waals surface area contributed by atoms with Crippen LogP contribution in [0.3, 0.4) is 0 Å². The van der Waals surface area contributed by atoms with Crippen molar-refractivity contribution >= 4 is 93.2 Å². The topological polar surface area (TPSA) is 42.4 Å². The Hall–Kier alpha value is -7.69. The second-order valence-corrected chi connectivity index (χ2v) is 14.7. The lowest BCUT2D eigenvalue weighted by molar-refractivity contribution is 0.620. The lowest BCUT2D eigenvalue weighted by Gasteiger charge is -2.26. The van der Waals surface area contributed by atoms with Gasteiger partial charge in [0.25, 0.3) is 0 Å². The number of aromatic nitrogens is 1. The summed E-state index contributed by atoms with van der Waals surface area (Å²) >= 11 is 0. The predicted octanol–water partition coefficient (Wildman–Crippen LogP) is 15.1. The summed E-state index contributed by atoms with van der Waals surface area (Å²) in [6.45, 7) is 0. The van der Waals surface area contributed by atoms with Crippen molar-refractivity contribution in [3.8, 4) is 22.6 Å². The van der Waals surface area contributed by atoms with E-state index in [2.05, 4.69) is 175 Å². The number of fused-ring (bicyclic) bond motifs is 11. The first kappa shape index (κ1) is 31.6. The standard InChI is InChI=1S/C53H32N2O2/c1-2-11-33(12-3-1)34-21-23-37(24-22-34)55(38-25-27-44-42-17-7-6-15-40(42)41-16-8-9-18-43(41)47(44)31-38)39-26-28-45-50(32-39)56-49-20-10-19-46(52(45)49)53-54-48-29-35-13-4-5-14-36(35)30-51(48)57-53/h1-32H. The molecule has 0 fully saturated rings. The molecule has 0 saturated carbocycles. The minimum absolute atomic E-state index is 0.578. The van der Waals surface area contributed by atoms with E-state index >= 15 is 0 Å². The van der Waals surface area contributed by atoms with Crippen LogP contribution in [0.15, 0.2) is 203 Å². The molecule has 57 heavy (non-hydrogen) atoms. The van der Waals surface area contributed by atoms with Crippen molar-refractivity contribution in [1.82, 2.24) is 4.98 Å². The third-order valence-electron chi connectivity index (χ3n) is 11.4. The SMILES string of the molecule is c1ccc(-c2ccc(N(c3ccc4c(c3)oc3cccc(-c5nc6cc7ccccc7cc6o5)c34)c3ccc4c5ccccc5c5ccccc5c4c3)cc2)cc1. The van der Waals surface area contributed by atoms with Crippen LogP contribution in [0.1, 0.15) is 0 Å². The molecule has 0 N–H and O–H groups in total. The van der Waals surface area contributed by atoms with E-state index in [0.717, 1.165) is 66.4 Å². The molecule has 2 heterocycles. The van der Waals surface area contributed by atoms with Gasteiger partial charge in [0.1, 0.15) is 16.7 Å². The van der Waals surface area contributed by atoms with E-state index in [4.69, 9.17) is 13.8 Å². The number of benzene rings is 10. The van der Waals surface area contributed by atoms with Crippen LogP contribution in [-0.2, 0) is 0 Å². The molecular weight excluding hydrogens is 697 g/mol. The van der Waals surface area contributed by atoms with E-state index in [1.165, 1.54) is 43.4 Å². The van der Waals surface area contributed by atoms with E-state index < -0.39 is 0 Å². The molecule has 4 heteroatoms. The monoisotopic (exact) mass is 728 g/mol. The maximum absolute atomic E-state index is 6.67. The first-order valence-corrected chi connectivity index (χ1v) is 19.3. The van der Waals surface area contributed by atoms with Crippen molar-refractivity contribution in [2.75, 3.05) is 4.90 Å². The Kier molecular flexibility index (Phi) is 6.89. The highest BCUT2D eigenvalue weighted by molar-refractivity contribution is 6.26. The zero-order chi connectivity index (χ0) is 37.5. The molecule has 0 spiro atoms. The van der Waals surface area contributed by atoms with Crippen LogP contribution in [0.4, 0.5) is 17.1 Å². The highest BCUT2D eigenvalue weighted by Gasteiger charge is 2.21. The van der Waals surface area contributed by atoms with E-state index in [0.29, 0.717) is 5.89 Å². The maximum Gasteiger partial charge on any atom is 0.228 e. The predicted molar refractivity (Wildman–Crippen MR) is 237 cm³/mol. The van der Waals surface area contributed by atoms with Gasteiger partial charge in [-0.15, -0.1) is 0 Å². The Morgan fingerprint density at radius 1 is 0.351 bits per heavy atom. The molecule has 0 saturated heterocycles. The van der Waals surface area contributed by atoms with E-state index in [1.807, 2.05) is 24.3 Å². The molecule has 12 aromatic rings. The fourth-order valence-electron chi connectivity index (χ4n) is 8.78. The molecule has 12 rings (SSSR count). The Morgan fingerprint density at radius 2 is 0.930 bits per heavy atom. The molecule has 0 bridgehead atoms. The van der Waals surface area contributed by atoms with Crippen LogP contribution in [0.25, 0.3) is 98.7 Å². The average molecular weight is 729 g/mol. The zero-order valence-corrected chi connectivity index (χ0v) is 30.7. The summed E-state index contributed by atoms with van der Waals surface area (Å²) in [5.74, 6) is 0.578. The number of furan rings is 1. The van der Waals surface area contributed by atoms with Gasteiger partial charge < -0.3 is 13.7 Å². The molecule has 10 aromatic carbocycles. The van der Waals surface area contributed by atoms with Gasteiger partial charge in [-0.2, -0.15) is 0 Å². The zero-order valence-electron chi connectivity index (χ0n) is 30.7. The lowest BCUT2D eigenvalue weighted by atomic mass is 9.94. The molecule has 0 aliphatic heterocycles. The van der Waals surface area contributed by atoms with Crippen molar-refractivity contribution in [3.63, 3.8) is 0 Å². The van der Waals surface area contributed by atoms with Crippen LogP contribution >= 0.6 is 0 Å². The Bertz CT molecular complexity index is 3440. The van der Waals surface area contributed by atoms with Gasteiger partial charge in [-0.1, -0.05) is 127 Å². The summed E-state index contributed by atoms with van der Waals surface area (Å²) in [5.41, 5.74) is 9.54. The summed E-state index contributed by atoms with van der Waals surface area (Å²) in [6, 6.07) is 68.8. The van der Waals surface area contributed by atoms with E-state index in [-0.39, 0.29) is 0 Å². The van der Waals surface area contributed by atoms with Gasteiger partial charge in [0.2, 0.25) is 5.89 Å². The number of oxazole rings is 1. The van der Waals surface area contributed by atoms with E-state index in [1.54, 1.807) is 0 Å². The number of hydrogen-bond acceptors (Lipinski definition) is 4. The number of hydrogen-bond donors (Lipinski definition) is 0. The molecule has 2 aromatic heterocycles. The molecule has 0 atom stereocenters. The number of nitrogens with zero attached hydrogens (tertiary/aromatic N) is 2. The average Bonchev–Trinajstić information content (AvgIpc) is 3.87. The summed E-state index contributed by atoms with van der Waals surface area (Å²) in [6.07, 6.45) is 0. The highest BCUT2D eigenvalue weighted by Crippen LogP contribution is 2.44. The molecule has 0 unspecified atom stereocenters. The Labute approximate surface area is 327 Å². The smallest absolute Gasteiger partial charge is 0.228 e. The molecule has 266 valence electrons. The molecule has 0 amide bonds. The van der Waals surface area contributed by atoms with Gasteiger partial charge in [0.05, 0.1) is 0 Å². The largest absolute Gasteiger partial charge is 0.456 e. The van der Waals surface area contributed by atoms with Crippen LogP contribution < -0.4 is 4.90 Å². The molecule has 0 aliphatic carbocycles. The summed E-state index contributed by atoms with van der Waals surface area (Å²) in [5, 5.41) is 11.7. The van der Waals surface area contributed by atoms with Crippen LogP contribution in [0.5, 0.6) is 0 Å². The fourth-order valence-corrected chi connectivity index (χ4v) is 8.78. The Balaban J connectivity index is 1.04. The summed E-state index contributed by atoms with van der Waals surface area (Å²) in [4.78, 5) is 7.30. The third kappa shape index (κ3) is 5.04. The van der Waals surface area contributed by atoms with Gasteiger partial charge in [0, 0.05) is 39.5 Å². The van der Waals surface area contributed by atoms with Gasteiger partial charge in [-0.25, -0.2) is 4.98 Å². The second-order valence-electron chi connectivity index (χ2n) is 14.7. The van der Waals surface area contributed by atoms with Crippen molar-refractivity contribution in [2.45, 2.75) is 0 Å². The summed E-state index contributed by atoms with van der Waals surface area (Å²) < 4.78 is 13.1. The van der Waals surface area contributed by atoms with Gasteiger partial charge >= 0.3 is 0 Å². The fraction of sp³-hybridized carbons (Fsp3) is 0. The van der Waals surface area contributed by atoms with Crippen molar-refractivity contribution < 1.29 is 8.83 Å². The minimum Gasteiger partial charge on any atom is -0.456 e. The number of anilines is 3.